The van der Waals surface area contributed by atoms with Crippen molar-refractivity contribution in [2.45, 2.75) is 20.0 Å². The van der Waals surface area contributed by atoms with E-state index in [-0.39, 0.29) is 0 Å². The number of rotatable bonds is 5. The van der Waals surface area contributed by atoms with Crippen molar-refractivity contribution in [3.05, 3.63) is 77.6 Å². The van der Waals surface area contributed by atoms with E-state index >= 15 is 0 Å². The van der Waals surface area contributed by atoms with Crippen LogP contribution in [0.4, 0.5) is 5.82 Å². The van der Waals surface area contributed by atoms with Gasteiger partial charge >= 0.3 is 0 Å². The first-order valence-corrected chi connectivity index (χ1v) is 8.00. The van der Waals surface area contributed by atoms with Crippen LogP contribution in [0.15, 0.2) is 60.9 Å². The molecule has 0 aliphatic heterocycles. The van der Waals surface area contributed by atoms with Crippen LogP contribution in [0.25, 0.3) is 11.3 Å². The molecular weight excluding hydrogens is 298 g/mol. The predicted molar refractivity (Wildman–Crippen MR) is 96.8 cm³/mol. The van der Waals surface area contributed by atoms with Gasteiger partial charge in [-0.15, -0.1) is 0 Å². The van der Waals surface area contributed by atoms with Crippen LogP contribution in [-0.2, 0) is 0 Å². The highest BCUT2D eigenvalue weighted by Gasteiger charge is 2.09. The minimum atomic E-state index is -0.578. The summed E-state index contributed by atoms with van der Waals surface area (Å²) in [6.07, 6.45) is 0.969. The minimum absolute atomic E-state index is 0.396. The third-order valence-electron chi connectivity index (χ3n) is 3.99. The summed E-state index contributed by atoms with van der Waals surface area (Å²) in [5.74, 6) is 0.704. The fourth-order valence-corrected chi connectivity index (χ4v) is 2.70. The number of anilines is 1. The zero-order valence-electron chi connectivity index (χ0n) is 13.9. The lowest BCUT2D eigenvalue weighted by Gasteiger charge is -2.13. The molecule has 0 radical (unpaired) electrons. The molecule has 0 bridgehead atoms. The number of benzene rings is 2. The fraction of sp³-hybridized carbons (Fsp3) is 0.200. The van der Waals surface area contributed by atoms with E-state index in [4.69, 9.17) is 0 Å². The Morgan fingerprint density at radius 2 is 1.79 bits per heavy atom. The highest BCUT2D eigenvalue weighted by molar-refractivity contribution is 5.66. The molecule has 0 aliphatic carbocycles. The lowest BCUT2D eigenvalue weighted by molar-refractivity contribution is 0.191. The number of hydrogen-bond donors (Lipinski definition) is 2. The third kappa shape index (κ3) is 3.78. The zero-order valence-corrected chi connectivity index (χ0v) is 13.9. The SMILES string of the molecule is Cc1ccc(-c2cc(NC[C@H](O)c3ccccc3)ncn2)c(C)c1. The molecule has 3 rings (SSSR count). The van der Waals surface area contributed by atoms with Crippen molar-refractivity contribution in [1.29, 1.82) is 0 Å². The van der Waals surface area contributed by atoms with Gasteiger partial charge in [0.05, 0.1) is 11.8 Å². The lowest BCUT2D eigenvalue weighted by Crippen LogP contribution is -2.13. The average molecular weight is 319 g/mol. The maximum Gasteiger partial charge on any atom is 0.130 e. The van der Waals surface area contributed by atoms with Crippen molar-refractivity contribution < 1.29 is 5.11 Å². The van der Waals surface area contributed by atoms with E-state index in [1.807, 2.05) is 36.4 Å². The fourth-order valence-electron chi connectivity index (χ4n) is 2.70. The summed E-state index contributed by atoms with van der Waals surface area (Å²) < 4.78 is 0. The molecule has 0 amide bonds. The van der Waals surface area contributed by atoms with Crippen molar-refractivity contribution in [2.75, 3.05) is 11.9 Å². The molecule has 0 saturated heterocycles. The summed E-state index contributed by atoms with van der Waals surface area (Å²) >= 11 is 0. The second kappa shape index (κ2) is 7.23. The summed E-state index contributed by atoms with van der Waals surface area (Å²) in [7, 11) is 0. The Morgan fingerprint density at radius 3 is 2.54 bits per heavy atom. The number of hydrogen-bond acceptors (Lipinski definition) is 4. The van der Waals surface area contributed by atoms with Crippen LogP contribution in [0, 0.1) is 13.8 Å². The third-order valence-corrected chi connectivity index (χ3v) is 3.99. The number of aliphatic hydroxyl groups excluding tert-OH is 1. The van der Waals surface area contributed by atoms with Crippen molar-refractivity contribution in [3.8, 4) is 11.3 Å². The van der Waals surface area contributed by atoms with Gasteiger partial charge in [0.2, 0.25) is 0 Å². The molecule has 0 unspecified atom stereocenters. The van der Waals surface area contributed by atoms with Gasteiger partial charge in [0.25, 0.3) is 0 Å². The van der Waals surface area contributed by atoms with E-state index < -0.39 is 6.10 Å². The molecule has 122 valence electrons. The molecular formula is C20H21N3O. The molecule has 4 heteroatoms. The summed E-state index contributed by atoms with van der Waals surface area (Å²) in [4.78, 5) is 8.62. The number of nitrogens with zero attached hydrogens (tertiary/aromatic N) is 2. The highest BCUT2D eigenvalue weighted by atomic mass is 16.3. The predicted octanol–water partition coefficient (Wildman–Crippen LogP) is 3.91. The van der Waals surface area contributed by atoms with Crippen molar-refractivity contribution in [2.24, 2.45) is 0 Å². The Morgan fingerprint density at radius 1 is 1.00 bits per heavy atom. The van der Waals surface area contributed by atoms with Gasteiger partial charge < -0.3 is 10.4 Å². The monoisotopic (exact) mass is 319 g/mol. The topological polar surface area (TPSA) is 58.0 Å². The molecule has 0 spiro atoms. The maximum atomic E-state index is 10.2. The first kappa shape index (κ1) is 16.1. The van der Waals surface area contributed by atoms with E-state index in [1.54, 1.807) is 6.33 Å². The van der Waals surface area contributed by atoms with Gasteiger partial charge in [0, 0.05) is 18.2 Å². The molecule has 1 heterocycles. The Balaban J connectivity index is 1.74. The van der Waals surface area contributed by atoms with Gasteiger partial charge in [0.1, 0.15) is 12.1 Å². The first-order chi connectivity index (χ1) is 11.6. The van der Waals surface area contributed by atoms with Crippen LogP contribution in [0.2, 0.25) is 0 Å². The average Bonchev–Trinajstić information content (AvgIpc) is 2.60. The van der Waals surface area contributed by atoms with Gasteiger partial charge in [-0.2, -0.15) is 0 Å². The Labute approximate surface area is 142 Å². The minimum Gasteiger partial charge on any atom is -0.387 e. The number of aromatic nitrogens is 2. The van der Waals surface area contributed by atoms with E-state index in [9.17, 15) is 5.11 Å². The van der Waals surface area contributed by atoms with E-state index in [1.165, 1.54) is 11.1 Å². The van der Waals surface area contributed by atoms with Gasteiger partial charge in [-0.3, -0.25) is 0 Å². The van der Waals surface area contributed by atoms with Gasteiger partial charge in [0.15, 0.2) is 0 Å². The van der Waals surface area contributed by atoms with Crippen molar-refractivity contribution in [1.82, 2.24) is 9.97 Å². The Hall–Kier alpha value is -2.72. The highest BCUT2D eigenvalue weighted by Crippen LogP contribution is 2.24. The van der Waals surface area contributed by atoms with Crippen LogP contribution in [0.5, 0.6) is 0 Å². The molecule has 2 aromatic carbocycles. The van der Waals surface area contributed by atoms with Gasteiger partial charge in [-0.05, 0) is 25.0 Å². The van der Waals surface area contributed by atoms with Gasteiger partial charge in [-0.1, -0.05) is 54.1 Å². The molecule has 4 nitrogen and oxygen atoms in total. The number of aliphatic hydroxyl groups is 1. The molecule has 2 N–H and O–H groups in total. The van der Waals surface area contributed by atoms with Crippen LogP contribution in [0.3, 0.4) is 0 Å². The van der Waals surface area contributed by atoms with Crippen LogP contribution in [-0.4, -0.2) is 21.6 Å². The molecule has 0 fully saturated rings. The molecule has 0 saturated carbocycles. The van der Waals surface area contributed by atoms with E-state index in [0.717, 1.165) is 16.8 Å². The quantitative estimate of drug-likeness (QED) is 0.748. The first-order valence-electron chi connectivity index (χ1n) is 8.00. The molecule has 24 heavy (non-hydrogen) atoms. The summed E-state index contributed by atoms with van der Waals surface area (Å²) in [5, 5.41) is 13.4. The Bertz CT molecular complexity index is 818. The van der Waals surface area contributed by atoms with Crippen LogP contribution < -0.4 is 5.32 Å². The van der Waals surface area contributed by atoms with Crippen molar-refractivity contribution in [3.63, 3.8) is 0 Å². The zero-order chi connectivity index (χ0) is 16.9. The number of aryl methyl sites for hydroxylation is 2. The normalized spacial score (nSPS) is 12.0. The second-order valence-corrected chi connectivity index (χ2v) is 5.91. The maximum absolute atomic E-state index is 10.2. The van der Waals surface area contributed by atoms with Gasteiger partial charge in [-0.25, -0.2) is 9.97 Å². The summed E-state index contributed by atoms with van der Waals surface area (Å²) in [6.45, 7) is 4.55. The summed E-state index contributed by atoms with van der Waals surface area (Å²) in [6, 6.07) is 17.8. The molecule has 3 aromatic rings. The van der Waals surface area contributed by atoms with Crippen molar-refractivity contribution >= 4 is 5.82 Å². The largest absolute Gasteiger partial charge is 0.387 e. The molecule has 1 aromatic heterocycles. The standard InChI is InChI=1S/C20H21N3O/c1-14-8-9-17(15(2)10-14)18-11-20(23-13-22-18)21-12-19(24)16-6-4-3-5-7-16/h3-11,13,19,24H,12H2,1-2H3,(H,21,22,23)/t19-/m0/s1. The van der Waals surface area contributed by atoms with Crippen LogP contribution in [0.1, 0.15) is 22.8 Å². The van der Waals surface area contributed by atoms with Crippen LogP contribution >= 0.6 is 0 Å². The Kier molecular flexibility index (Phi) is 4.87. The lowest BCUT2D eigenvalue weighted by atomic mass is 10.0. The van der Waals surface area contributed by atoms with E-state index in [0.29, 0.717) is 12.4 Å². The summed E-state index contributed by atoms with van der Waals surface area (Å²) in [5.41, 5.74) is 5.26. The molecule has 0 aliphatic rings. The second-order valence-electron chi connectivity index (χ2n) is 5.91. The number of nitrogens with one attached hydrogen (secondary N) is 1. The smallest absolute Gasteiger partial charge is 0.130 e. The van der Waals surface area contributed by atoms with E-state index in [2.05, 4.69) is 47.3 Å². The molecule has 1 atom stereocenters.